The van der Waals surface area contributed by atoms with Gasteiger partial charge in [0.2, 0.25) is 11.5 Å². The maximum absolute atomic E-state index is 12.9. The summed E-state index contributed by atoms with van der Waals surface area (Å²) in [5.74, 6) is -1.90. The minimum absolute atomic E-state index is 0.0181. The van der Waals surface area contributed by atoms with Gasteiger partial charge in [-0.2, -0.15) is 13.2 Å². The maximum Gasteiger partial charge on any atom is 0.426 e. The predicted octanol–water partition coefficient (Wildman–Crippen LogP) is 1.87. The number of hydrazine groups is 1. The van der Waals surface area contributed by atoms with E-state index in [1.54, 1.807) is 20.8 Å². The number of carbonyl (C=O) groups excluding carboxylic acids is 3. The van der Waals surface area contributed by atoms with Crippen LogP contribution in [0.15, 0.2) is 0 Å². The van der Waals surface area contributed by atoms with Crippen LogP contribution in [0.1, 0.15) is 53.4 Å². The van der Waals surface area contributed by atoms with E-state index in [9.17, 15) is 32.7 Å². The van der Waals surface area contributed by atoms with Crippen molar-refractivity contribution in [2.75, 3.05) is 13.1 Å². The van der Waals surface area contributed by atoms with Crippen molar-refractivity contribution in [1.29, 1.82) is 0 Å². The SMILES string of the molecule is CC(C)(C)OC(=O)NNC(=O)C1(C2CCN(C(=O)[C@@](C)(O)C(F)(F)F)CC2)CC1. The highest BCUT2D eigenvalue weighted by molar-refractivity contribution is 5.87. The molecular weight excluding hydrogens is 395 g/mol. The third kappa shape index (κ3) is 5.12. The Hall–Kier alpha value is -2.04. The molecule has 2 rings (SSSR count). The van der Waals surface area contributed by atoms with Crippen LogP contribution in [-0.2, 0) is 14.3 Å². The molecule has 0 aromatic heterocycles. The van der Waals surface area contributed by atoms with Crippen LogP contribution >= 0.6 is 0 Å². The van der Waals surface area contributed by atoms with Gasteiger partial charge < -0.3 is 14.7 Å². The molecule has 0 unspecified atom stereocenters. The maximum atomic E-state index is 12.9. The highest BCUT2D eigenvalue weighted by atomic mass is 19.4. The van der Waals surface area contributed by atoms with E-state index >= 15 is 0 Å². The van der Waals surface area contributed by atoms with E-state index in [4.69, 9.17) is 4.74 Å². The van der Waals surface area contributed by atoms with Crippen LogP contribution in [0.2, 0.25) is 0 Å². The summed E-state index contributed by atoms with van der Waals surface area (Å²) in [5, 5.41) is 9.57. The van der Waals surface area contributed by atoms with Gasteiger partial charge in [-0.3, -0.25) is 15.0 Å². The summed E-state index contributed by atoms with van der Waals surface area (Å²) in [5.41, 5.74) is -0.315. The summed E-state index contributed by atoms with van der Waals surface area (Å²) < 4.78 is 43.7. The lowest BCUT2D eigenvalue weighted by Crippen LogP contribution is -2.58. The Morgan fingerprint density at radius 1 is 1.03 bits per heavy atom. The number of aliphatic hydroxyl groups is 1. The molecule has 3 N–H and O–H groups in total. The van der Waals surface area contributed by atoms with E-state index in [0.29, 0.717) is 32.6 Å². The molecule has 0 spiro atoms. The van der Waals surface area contributed by atoms with E-state index in [1.807, 2.05) is 0 Å². The van der Waals surface area contributed by atoms with Gasteiger partial charge >= 0.3 is 12.3 Å². The van der Waals surface area contributed by atoms with Crippen molar-refractivity contribution in [1.82, 2.24) is 15.8 Å². The minimum atomic E-state index is -5.06. The number of piperidine rings is 1. The second-order valence-electron chi connectivity index (χ2n) is 8.87. The first-order valence-electron chi connectivity index (χ1n) is 9.48. The van der Waals surface area contributed by atoms with Crippen molar-refractivity contribution < 1.29 is 37.4 Å². The predicted molar refractivity (Wildman–Crippen MR) is 95.2 cm³/mol. The van der Waals surface area contributed by atoms with Crippen LogP contribution < -0.4 is 10.9 Å². The van der Waals surface area contributed by atoms with Crippen LogP contribution in [0, 0.1) is 11.3 Å². The van der Waals surface area contributed by atoms with Crippen molar-refractivity contribution in [3.63, 3.8) is 0 Å². The van der Waals surface area contributed by atoms with Gasteiger partial charge in [0.05, 0.1) is 5.41 Å². The Bertz CT molecular complexity index is 661. The van der Waals surface area contributed by atoms with E-state index in [0.717, 1.165) is 4.90 Å². The number of carbonyl (C=O) groups is 3. The van der Waals surface area contributed by atoms with Gasteiger partial charge in [-0.1, -0.05) is 0 Å². The van der Waals surface area contributed by atoms with E-state index in [1.165, 1.54) is 0 Å². The zero-order valence-electron chi connectivity index (χ0n) is 17.0. The summed E-state index contributed by atoms with van der Waals surface area (Å²) in [4.78, 5) is 37.3. The fraction of sp³-hybridized carbons (Fsp3) is 0.833. The molecule has 1 atom stereocenters. The van der Waals surface area contributed by atoms with Crippen molar-refractivity contribution in [2.24, 2.45) is 11.3 Å². The third-order valence-corrected chi connectivity index (χ3v) is 5.45. The molecule has 0 aromatic rings. The number of hydrogen-bond acceptors (Lipinski definition) is 5. The Kier molecular flexibility index (Phi) is 6.14. The molecule has 8 nitrogen and oxygen atoms in total. The fourth-order valence-corrected chi connectivity index (χ4v) is 3.56. The molecular formula is C18H28F3N3O5. The quantitative estimate of drug-likeness (QED) is 0.601. The molecule has 11 heteroatoms. The normalized spacial score (nSPS) is 21.7. The second kappa shape index (κ2) is 7.66. The second-order valence-corrected chi connectivity index (χ2v) is 8.87. The number of amides is 3. The average Bonchev–Trinajstić information content (AvgIpc) is 3.38. The summed E-state index contributed by atoms with van der Waals surface area (Å²) >= 11 is 0. The molecule has 0 aromatic carbocycles. The summed E-state index contributed by atoms with van der Waals surface area (Å²) in [6, 6.07) is 0. The number of nitrogens with zero attached hydrogens (tertiary/aromatic N) is 1. The number of likely N-dealkylation sites (tertiary alicyclic amines) is 1. The van der Waals surface area contributed by atoms with Gasteiger partial charge in [0, 0.05) is 13.1 Å². The highest BCUT2D eigenvalue weighted by Gasteiger charge is 2.59. The van der Waals surface area contributed by atoms with Crippen molar-refractivity contribution in [3.05, 3.63) is 0 Å². The topological polar surface area (TPSA) is 108 Å². The van der Waals surface area contributed by atoms with Crippen LogP contribution in [0.3, 0.4) is 0 Å². The number of ether oxygens (including phenoxy) is 1. The molecule has 1 heterocycles. The molecule has 0 radical (unpaired) electrons. The van der Waals surface area contributed by atoms with Crippen LogP contribution in [0.25, 0.3) is 0 Å². The Labute approximate surface area is 167 Å². The lowest BCUT2D eigenvalue weighted by atomic mass is 9.80. The smallest absolute Gasteiger partial charge is 0.426 e. The molecule has 1 aliphatic carbocycles. The molecule has 1 saturated heterocycles. The number of nitrogens with one attached hydrogen (secondary N) is 2. The first kappa shape index (κ1) is 23.2. The molecule has 1 saturated carbocycles. The van der Waals surface area contributed by atoms with Gasteiger partial charge in [-0.25, -0.2) is 10.2 Å². The van der Waals surface area contributed by atoms with E-state index < -0.39 is 34.8 Å². The number of rotatable bonds is 3. The van der Waals surface area contributed by atoms with E-state index in [2.05, 4.69) is 10.9 Å². The Morgan fingerprint density at radius 2 is 1.55 bits per heavy atom. The lowest BCUT2D eigenvalue weighted by molar-refractivity contribution is -0.250. The fourth-order valence-electron chi connectivity index (χ4n) is 3.56. The third-order valence-electron chi connectivity index (χ3n) is 5.45. The molecule has 166 valence electrons. The van der Waals surface area contributed by atoms with E-state index in [-0.39, 0.29) is 24.9 Å². The van der Waals surface area contributed by atoms with Gasteiger partial charge in [0.15, 0.2) is 0 Å². The number of halogens is 3. The monoisotopic (exact) mass is 423 g/mol. The van der Waals surface area contributed by atoms with Gasteiger partial charge in [0.1, 0.15) is 5.60 Å². The number of hydrogen-bond donors (Lipinski definition) is 3. The molecule has 29 heavy (non-hydrogen) atoms. The molecule has 3 amide bonds. The highest BCUT2D eigenvalue weighted by Crippen LogP contribution is 2.55. The first-order valence-corrected chi connectivity index (χ1v) is 9.48. The van der Waals surface area contributed by atoms with Crippen LogP contribution in [0.4, 0.5) is 18.0 Å². The minimum Gasteiger partial charge on any atom is -0.443 e. The van der Waals surface area contributed by atoms with Crippen LogP contribution in [0.5, 0.6) is 0 Å². The van der Waals surface area contributed by atoms with Gasteiger partial charge in [-0.15, -0.1) is 0 Å². The van der Waals surface area contributed by atoms with Gasteiger partial charge in [-0.05, 0) is 59.3 Å². The largest absolute Gasteiger partial charge is 0.443 e. The molecule has 1 aliphatic heterocycles. The Balaban J connectivity index is 1.89. The summed E-state index contributed by atoms with van der Waals surface area (Å²) in [7, 11) is 0. The zero-order valence-corrected chi connectivity index (χ0v) is 17.0. The van der Waals surface area contributed by atoms with Crippen molar-refractivity contribution in [3.8, 4) is 0 Å². The van der Waals surface area contributed by atoms with Crippen molar-refractivity contribution in [2.45, 2.75) is 70.8 Å². The zero-order chi connectivity index (χ0) is 22.3. The molecule has 0 bridgehead atoms. The summed E-state index contributed by atoms with van der Waals surface area (Å²) in [6.45, 7) is 5.53. The average molecular weight is 423 g/mol. The molecule has 2 aliphatic rings. The lowest BCUT2D eigenvalue weighted by Gasteiger charge is -2.39. The standard InChI is InChI=1S/C18H28F3N3O5/c1-15(2,3)29-14(27)23-22-12(25)17(7-8-17)11-5-9-24(10-6-11)13(26)16(4,28)18(19,20)21/h11,28H,5-10H2,1-4H3,(H,22,25)(H,23,27)/t16-/m1/s1. The number of alkyl halides is 3. The summed E-state index contributed by atoms with van der Waals surface area (Å²) in [6.07, 6.45) is -4.01. The van der Waals surface area contributed by atoms with Gasteiger partial charge in [0.25, 0.3) is 5.91 Å². The molecule has 2 fully saturated rings. The first-order chi connectivity index (χ1) is 13.1. The van der Waals surface area contributed by atoms with Crippen LogP contribution in [-0.4, -0.2) is 58.4 Å². The van der Waals surface area contributed by atoms with Crippen molar-refractivity contribution >= 4 is 17.9 Å². The Morgan fingerprint density at radius 3 is 1.97 bits per heavy atom.